The minimum absolute atomic E-state index is 0.150. The first-order chi connectivity index (χ1) is 11.5. The summed E-state index contributed by atoms with van der Waals surface area (Å²) in [5, 5.41) is 12.4. The van der Waals surface area contributed by atoms with Crippen molar-refractivity contribution in [3.05, 3.63) is 29.6 Å². The summed E-state index contributed by atoms with van der Waals surface area (Å²) in [5.74, 6) is -0.666. The number of nitrogens with one attached hydrogen (secondary N) is 1. The number of aliphatic imine (C=N–C) groups is 1. The lowest BCUT2D eigenvalue weighted by Crippen LogP contribution is -2.48. The third-order valence-electron chi connectivity index (χ3n) is 4.02. The molecule has 132 valence electrons. The van der Waals surface area contributed by atoms with Crippen LogP contribution in [0, 0.1) is 11.7 Å². The van der Waals surface area contributed by atoms with Crippen molar-refractivity contribution in [1.29, 1.82) is 0 Å². The van der Waals surface area contributed by atoms with Crippen LogP contribution in [0.25, 0.3) is 0 Å². The lowest BCUT2D eigenvalue weighted by Gasteiger charge is -2.34. The molecule has 0 radical (unpaired) electrons. The molecule has 1 atom stereocenters. The van der Waals surface area contributed by atoms with Crippen LogP contribution in [0.2, 0.25) is 0 Å². The van der Waals surface area contributed by atoms with Crippen LogP contribution in [0.5, 0.6) is 5.75 Å². The molecule has 24 heavy (non-hydrogen) atoms. The molecule has 0 spiro atoms. The number of likely N-dealkylation sites (tertiary alicyclic amines) is 1. The van der Waals surface area contributed by atoms with Crippen molar-refractivity contribution < 1.29 is 19.0 Å². The zero-order valence-electron chi connectivity index (χ0n) is 14.1. The highest BCUT2D eigenvalue weighted by molar-refractivity contribution is 5.81. The van der Waals surface area contributed by atoms with E-state index in [0.717, 1.165) is 19.4 Å². The van der Waals surface area contributed by atoms with Gasteiger partial charge in [0.15, 0.2) is 17.5 Å². The average molecular weight is 337 g/mol. The van der Waals surface area contributed by atoms with Crippen LogP contribution in [-0.4, -0.2) is 48.7 Å². The lowest BCUT2D eigenvalue weighted by molar-refractivity contribution is -0.149. The Bertz CT molecular complexity index is 607. The van der Waals surface area contributed by atoms with Gasteiger partial charge in [0.25, 0.3) is 0 Å². The van der Waals surface area contributed by atoms with E-state index in [1.807, 2.05) is 4.90 Å². The Morgan fingerprint density at radius 1 is 1.54 bits per heavy atom. The van der Waals surface area contributed by atoms with Gasteiger partial charge < -0.3 is 20.1 Å². The molecule has 1 aromatic carbocycles. The van der Waals surface area contributed by atoms with Crippen LogP contribution >= 0.6 is 0 Å². The van der Waals surface area contributed by atoms with Gasteiger partial charge >= 0.3 is 5.97 Å². The van der Waals surface area contributed by atoms with E-state index in [9.17, 15) is 14.3 Å². The van der Waals surface area contributed by atoms with Gasteiger partial charge in [0.05, 0.1) is 12.5 Å². The summed E-state index contributed by atoms with van der Waals surface area (Å²) < 4.78 is 18.5. The van der Waals surface area contributed by atoms with Crippen molar-refractivity contribution in [2.45, 2.75) is 26.3 Å². The van der Waals surface area contributed by atoms with Gasteiger partial charge in [-0.15, -0.1) is 0 Å². The molecule has 1 aromatic rings. The number of piperidine rings is 1. The molecule has 2 rings (SSSR count). The van der Waals surface area contributed by atoms with Crippen LogP contribution in [0.15, 0.2) is 23.2 Å². The van der Waals surface area contributed by atoms with Gasteiger partial charge in [-0.25, -0.2) is 4.39 Å². The SMILES string of the molecule is CCOC(=O)C1CCCN(C(=NC)NCc2ccc(O)c(F)c2)C1. The van der Waals surface area contributed by atoms with Crippen LogP contribution in [0.3, 0.4) is 0 Å². The predicted molar refractivity (Wildman–Crippen MR) is 89.2 cm³/mol. The Hall–Kier alpha value is -2.31. The number of aromatic hydroxyl groups is 1. The number of rotatable bonds is 4. The molecule has 1 heterocycles. The van der Waals surface area contributed by atoms with E-state index in [2.05, 4.69) is 10.3 Å². The standard InChI is InChI=1S/C17H24FN3O3/c1-3-24-16(23)13-5-4-8-21(11-13)17(19-2)20-10-12-6-7-15(22)14(18)9-12/h6-7,9,13,22H,3-5,8,10-11H2,1-2H3,(H,19,20). The number of hydrogen-bond donors (Lipinski definition) is 2. The molecule has 1 aliphatic rings. The maximum absolute atomic E-state index is 13.4. The second-order valence-corrected chi connectivity index (χ2v) is 5.72. The number of nitrogens with zero attached hydrogens (tertiary/aromatic N) is 2. The highest BCUT2D eigenvalue weighted by Crippen LogP contribution is 2.19. The van der Waals surface area contributed by atoms with E-state index in [4.69, 9.17) is 4.74 Å². The first-order valence-corrected chi connectivity index (χ1v) is 8.14. The van der Waals surface area contributed by atoms with Crippen LogP contribution in [0.1, 0.15) is 25.3 Å². The molecule has 0 amide bonds. The Balaban J connectivity index is 1.95. The van der Waals surface area contributed by atoms with Gasteiger partial charge in [0, 0.05) is 26.7 Å². The molecule has 7 heteroatoms. The van der Waals surface area contributed by atoms with Crippen LogP contribution in [-0.2, 0) is 16.1 Å². The highest BCUT2D eigenvalue weighted by atomic mass is 19.1. The van der Waals surface area contributed by atoms with Crippen molar-refractivity contribution in [2.24, 2.45) is 10.9 Å². The van der Waals surface area contributed by atoms with Crippen molar-refractivity contribution in [2.75, 3.05) is 26.7 Å². The molecule has 2 N–H and O–H groups in total. The maximum Gasteiger partial charge on any atom is 0.310 e. The lowest BCUT2D eigenvalue weighted by atomic mass is 9.98. The van der Waals surface area contributed by atoms with E-state index in [-0.39, 0.29) is 17.6 Å². The number of phenols is 1. The Morgan fingerprint density at radius 2 is 2.33 bits per heavy atom. The number of halogens is 1. The van der Waals surface area contributed by atoms with Gasteiger partial charge in [0.1, 0.15) is 0 Å². The number of esters is 1. The number of guanidine groups is 1. The minimum Gasteiger partial charge on any atom is -0.505 e. The van der Waals surface area contributed by atoms with Crippen LogP contribution < -0.4 is 5.32 Å². The number of carbonyl (C=O) groups excluding carboxylic acids is 1. The monoisotopic (exact) mass is 337 g/mol. The first kappa shape index (κ1) is 18.0. The van der Waals surface area contributed by atoms with E-state index < -0.39 is 5.82 Å². The number of hydrogen-bond acceptors (Lipinski definition) is 4. The molecule has 1 unspecified atom stereocenters. The number of ether oxygens (including phenoxy) is 1. The maximum atomic E-state index is 13.4. The highest BCUT2D eigenvalue weighted by Gasteiger charge is 2.28. The number of benzene rings is 1. The van der Waals surface area contributed by atoms with Crippen LogP contribution in [0.4, 0.5) is 4.39 Å². The second kappa shape index (κ2) is 8.52. The van der Waals surface area contributed by atoms with Crippen molar-refractivity contribution >= 4 is 11.9 Å². The summed E-state index contributed by atoms with van der Waals surface area (Å²) in [6.45, 7) is 3.93. The number of phenolic OH excluding ortho intramolecular Hbond substituents is 1. The third kappa shape index (κ3) is 4.59. The molecule has 0 saturated carbocycles. The molecular formula is C17H24FN3O3. The quantitative estimate of drug-likeness (QED) is 0.498. The first-order valence-electron chi connectivity index (χ1n) is 8.14. The zero-order valence-corrected chi connectivity index (χ0v) is 14.1. The average Bonchev–Trinajstić information content (AvgIpc) is 2.59. The fraction of sp³-hybridized carbons (Fsp3) is 0.529. The minimum atomic E-state index is -0.648. The summed E-state index contributed by atoms with van der Waals surface area (Å²) in [4.78, 5) is 18.2. The smallest absolute Gasteiger partial charge is 0.310 e. The topological polar surface area (TPSA) is 74.2 Å². The Morgan fingerprint density at radius 3 is 3.00 bits per heavy atom. The Kier molecular flexibility index (Phi) is 6.40. The molecule has 0 aliphatic carbocycles. The van der Waals surface area contributed by atoms with E-state index in [0.29, 0.717) is 31.2 Å². The fourth-order valence-corrected chi connectivity index (χ4v) is 2.80. The van der Waals surface area contributed by atoms with Crippen molar-refractivity contribution in [1.82, 2.24) is 10.2 Å². The van der Waals surface area contributed by atoms with Gasteiger partial charge in [-0.3, -0.25) is 9.79 Å². The summed E-state index contributed by atoms with van der Waals surface area (Å²) in [6, 6.07) is 4.26. The Labute approximate surface area is 141 Å². The molecule has 0 aromatic heterocycles. The van der Waals surface area contributed by atoms with Crippen molar-refractivity contribution in [3.63, 3.8) is 0 Å². The van der Waals surface area contributed by atoms with E-state index in [1.165, 1.54) is 12.1 Å². The third-order valence-corrected chi connectivity index (χ3v) is 4.02. The second-order valence-electron chi connectivity index (χ2n) is 5.72. The number of carbonyl (C=O) groups is 1. The predicted octanol–water partition coefficient (Wildman–Crippen LogP) is 1.88. The molecule has 6 nitrogen and oxygen atoms in total. The molecular weight excluding hydrogens is 313 g/mol. The fourth-order valence-electron chi connectivity index (χ4n) is 2.80. The summed E-state index contributed by atoms with van der Waals surface area (Å²) >= 11 is 0. The van der Waals surface area contributed by atoms with Gasteiger partial charge in [-0.1, -0.05) is 6.07 Å². The largest absolute Gasteiger partial charge is 0.505 e. The summed E-state index contributed by atoms with van der Waals surface area (Å²) in [5.41, 5.74) is 0.699. The van der Waals surface area contributed by atoms with Gasteiger partial charge in [-0.2, -0.15) is 0 Å². The molecule has 0 bridgehead atoms. The van der Waals surface area contributed by atoms with E-state index >= 15 is 0 Å². The molecule has 1 saturated heterocycles. The molecule has 1 aliphatic heterocycles. The summed E-state index contributed by atoms with van der Waals surface area (Å²) in [7, 11) is 1.67. The van der Waals surface area contributed by atoms with Crippen molar-refractivity contribution in [3.8, 4) is 5.75 Å². The van der Waals surface area contributed by atoms with E-state index in [1.54, 1.807) is 20.0 Å². The van der Waals surface area contributed by atoms with Gasteiger partial charge in [0.2, 0.25) is 0 Å². The van der Waals surface area contributed by atoms with Gasteiger partial charge in [-0.05, 0) is 37.5 Å². The molecule has 1 fully saturated rings. The zero-order chi connectivity index (χ0) is 17.5. The summed E-state index contributed by atoms with van der Waals surface area (Å²) in [6.07, 6.45) is 1.70. The normalized spacial score (nSPS) is 18.4.